The van der Waals surface area contributed by atoms with Crippen LogP contribution in [0.5, 0.6) is 5.75 Å². The van der Waals surface area contributed by atoms with E-state index in [0.717, 1.165) is 15.4 Å². The second kappa shape index (κ2) is 12.6. The Bertz CT molecular complexity index is 1320. The molecule has 2 amide bonds. The van der Waals surface area contributed by atoms with Gasteiger partial charge in [0.05, 0.1) is 17.7 Å². The van der Waals surface area contributed by atoms with Gasteiger partial charge >= 0.3 is 0 Å². The molecule has 9 heteroatoms. The minimum atomic E-state index is -4.12. The Morgan fingerprint density at radius 1 is 0.895 bits per heavy atom. The first-order valence-electron chi connectivity index (χ1n) is 12.4. The molecule has 202 valence electrons. The third-order valence-electron chi connectivity index (χ3n) is 6.04. The first-order chi connectivity index (χ1) is 18.0. The van der Waals surface area contributed by atoms with Crippen LogP contribution in [-0.4, -0.2) is 50.9 Å². The first kappa shape index (κ1) is 28.7. The number of ether oxygens (including phenoxy) is 1. The lowest BCUT2D eigenvalue weighted by molar-refractivity contribution is -0.139. The van der Waals surface area contributed by atoms with Crippen LogP contribution in [-0.2, 0) is 26.2 Å². The van der Waals surface area contributed by atoms with Gasteiger partial charge in [-0.15, -0.1) is 0 Å². The summed E-state index contributed by atoms with van der Waals surface area (Å²) in [5, 5.41) is 2.85. The Kier molecular flexibility index (Phi) is 9.52. The van der Waals surface area contributed by atoms with E-state index in [-0.39, 0.29) is 23.4 Å². The zero-order chi connectivity index (χ0) is 27.9. The summed E-state index contributed by atoms with van der Waals surface area (Å²) in [5.74, 6) is -0.303. The van der Waals surface area contributed by atoms with Crippen molar-refractivity contribution in [2.75, 3.05) is 18.0 Å². The summed E-state index contributed by atoms with van der Waals surface area (Å²) in [6.07, 6.45) is 0. The van der Waals surface area contributed by atoms with Gasteiger partial charge in [0, 0.05) is 12.6 Å². The molecule has 1 atom stereocenters. The number of carbonyl (C=O) groups is 2. The summed E-state index contributed by atoms with van der Waals surface area (Å²) in [6, 6.07) is 21.2. The molecule has 0 saturated carbocycles. The lowest BCUT2D eigenvalue weighted by atomic mass is 10.1. The molecular formula is C29H35N3O5S. The molecule has 1 N–H and O–H groups in total. The minimum Gasteiger partial charge on any atom is -0.497 e. The summed E-state index contributed by atoms with van der Waals surface area (Å²) in [6.45, 7) is 6.97. The van der Waals surface area contributed by atoms with E-state index in [1.165, 1.54) is 24.1 Å². The second-order valence-corrected chi connectivity index (χ2v) is 11.2. The third kappa shape index (κ3) is 7.13. The van der Waals surface area contributed by atoms with E-state index >= 15 is 0 Å². The number of hydrogen-bond donors (Lipinski definition) is 1. The molecule has 38 heavy (non-hydrogen) atoms. The molecule has 3 rings (SSSR count). The maximum absolute atomic E-state index is 13.8. The summed E-state index contributed by atoms with van der Waals surface area (Å²) in [4.78, 5) is 28.2. The van der Waals surface area contributed by atoms with Gasteiger partial charge in [0.25, 0.3) is 10.0 Å². The number of benzene rings is 3. The SMILES string of the molecule is COc1ccc(S(=O)(=O)N(CC(=O)N(Cc2ccc(C)cc2)[C@@H](C)C(=O)NC(C)C)c2ccccc2)cc1. The number of nitrogens with one attached hydrogen (secondary N) is 1. The number of methoxy groups -OCH3 is 1. The molecule has 0 fully saturated rings. The van der Waals surface area contributed by atoms with Gasteiger partial charge in [0.1, 0.15) is 18.3 Å². The van der Waals surface area contributed by atoms with Crippen LogP contribution >= 0.6 is 0 Å². The highest BCUT2D eigenvalue weighted by Crippen LogP contribution is 2.25. The average molecular weight is 538 g/mol. The van der Waals surface area contributed by atoms with Gasteiger partial charge in [-0.05, 0) is 69.7 Å². The van der Waals surface area contributed by atoms with Crippen molar-refractivity contribution in [2.45, 2.75) is 51.2 Å². The molecule has 0 aliphatic carbocycles. The maximum Gasteiger partial charge on any atom is 0.264 e. The highest BCUT2D eigenvalue weighted by Gasteiger charge is 2.32. The van der Waals surface area contributed by atoms with Crippen molar-refractivity contribution in [2.24, 2.45) is 0 Å². The molecule has 0 unspecified atom stereocenters. The number of nitrogens with zero attached hydrogens (tertiary/aromatic N) is 2. The molecule has 0 aromatic heterocycles. The number of carbonyl (C=O) groups excluding carboxylic acids is 2. The van der Waals surface area contributed by atoms with E-state index in [0.29, 0.717) is 11.4 Å². The first-order valence-corrected chi connectivity index (χ1v) is 13.8. The highest BCUT2D eigenvalue weighted by atomic mass is 32.2. The standard InChI is InChI=1S/C29H35N3O5S/c1-21(2)30-29(34)23(4)31(19-24-13-11-22(3)12-14-24)28(33)20-32(25-9-7-6-8-10-25)38(35,36)27-17-15-26(37-5)16-18-27/h6-18,21,23H,19-20H2,1-5H3,(H,30,34)/t23-/m0/s1. The van der Waals surface area contributed by atoms with Gasteiger partial charge in [-0.1, -0.05) is 48.0 Å². The van der Waals surface area contributed by atoms with Crippen LogP contribution in [0.25, 0.3) is 0 Å². The lowest BCUT2D eigenvalue weighted by Crippen LogP contribution is -2.52. The van der Waals surface area contributed by atoms with E-state index in [4.69, 9.17) is 4.74 Å². The van der Waals surface area contributed by atoms with E-state index in [1.807, 2.05) is 45.0 Å². The quantitative estimate of drug-likeness (QED) is 0.397. The fourth-order valence-corrected chi connectivity index (χ4v) is 5.29. The van der Waals surface area contributed by atoms with Gasteiger partial charge in [0.2, 0.25) is 11.8 Å². The summed E-state index contributed by atoms with van der Waals surface area (Å²) < 4.78 is 33.8. The zero-order valence-corrected chi connectivity index (χ0v) is 23.2. The molecule has 0 spiro atoms. The maximum atomic E-state index is 13.8. The fraction of sp³-hybridized carbons (Fsp3) is 0.310. The minimum absolute atomic E-state index is 0.0191. The topological polar surface area (TPSA) is 96.0 Å². The highest BCUT2D eigenvalue weighted by molar-refractivity contribution is 7.92. The van der Waals surface area contributed by atoms with Crippen molar-refractivity contribution < 1.29 is 22.7 Å². The van der Waals surface area contributed by atoms with Gasteiger partial charge < -0.3 is 15.0 Å². The molecule has 8 nitrogen and oxygen atoms in total. The lowest BCUT2D eigenvalue weighted by Gasteiger charge is -2.32. The van der Waals surface area contributed by atoms with Crippen molar-refractivity contribution in [3.05, 3.63) is 90.0 Å². The van der Waals surface area contributed by atoms with Crippen LogP contribution in [0.2, 0.25) is 0 Å². The number of para-hydroxylation sites is 1. The van der Waals surface area contributed by atoms with E-state index in [1.54, 1.807) is 49.4 Å². The Balaban J connectivity index is 1.99. The predicted molar refractivity (Wildman–Crippen MR) is 148 cm³/mol. The number of hydrogen-bond acceptors (Lipinski definition) is 5. The van der Waals surface area contributed by atoms with E-state index in [9.17, 15) is 18.0 Å². The number of amides is 2. The van der Waals surface area contributed by atoms with Crippen molar-refractivity contribution >= 4 is 27.5 Å². The largest absolute Gasteiger partial charge is 0.497 e. The van der Waals surface area contributed by atoms with E-state index in [2.05, 4.69) is 5.32 Å². The van der Waals surface area contributed by atoms with Crippen LogP contribution in [0.15, 0.2) is 83.8 Å². The third-order valence-corrected chi connectivity index (χ3v) is 7.83. The van der Waals surface area contributed by atoms with Crippen LogP contribution in [0.1, 0.15) is 31.9 Å². The van der Waals surface area contributed by atoms with Crippen molar-refractivity contribution in [1.29, 1.82) is 0 Å². The van der Waals surface area contributed by atoms with Crippen LogP contribution < -0.4 is 14.4 Å². The van der Waals surface area contributed by atoms with Crippen molar-refractivity contribution in [3.63, 3.8) is 0 Å². The monoisotopic (exact) mass is 537 g/mol. The number of anilines is 1. The van der Waals surface area contributed by atoms with Gasteiger partial charge in [-0.25, -0.2) is 8.42 Å². The summed E-state index contributed by atoms with van der Waals surface area (Å²) in [5.41, 5.74) is 2.24. The Morgan fingerprint density at radius 2 is 1.50 bits per heavy atom. The molecule has 0 aliphatic heterocycles. The van der Waals surface area contributed by atoms with Gasteiger partial charge in [0.15, 0.2) is 0 Å². The molecular weight excluding hydrogens is 502 g/mol. The van der Waals surface area contributed by atoms with Crippen LogP contribution in [0, 0.1) is 6.92 Å². The fourth-order valence-electron chi connectivity index (χ4n) is 3.88. The molecule has 0 bridgehead atoms. The van der Waals surface area contributed by atoms with Crippen LogP contribution in [0.4, 0.5) is 5.69 Å². The summed E-state index contributed by atoms with van der Waals surface area (Å²) in [7, 11) is -2.62. The normalized spacial score (nSPS) is 12.1. The number of aryl methyl sites for hydroxylation is 1. The average Bonchev–Trinajstić information content (AvgIpc) is 2.90. The van der Waals surface area contributed by atoms with Gasteiger partial charge in [-0.3, -0.25) is 13.9 Å². The Labute approximate surface area is 225 Å². The molecule has 0 saturated heterocycles. The molecule has 3 aromatic carbocycles. The van der Waals surface area contributed by atoms with E-state index < -0.39 is 28.5 Å². The van der Waals surface area contributed by atoms with Crippen molar-refractivity contribution in [1.82, 2.24) is 10.2 Å². The number of rotatable bonds is 11. The molecule has 3 aromatic rings. The molecule has 0 radical (unpaired) electrons. The zero-order valence-electron chi connectivity index (χ0n) is 22.4. The van der Waals surface area contributed by atoms with Gasteiger partial charge in [-0.2, -0.15) is 0 Å². The number of sulfonamides is 1. The predicted octanol–water partition coefficient (Wildman–Crippen LogP) is 4.14. The Morgan fingerprint density at radius 3 is 2.05 bits per heavy atom. The Hall–Kier alpha value is -3.85. The molecule has 0 heterocycles. The second-order valence-electron chi connectivity index (χ2n) is 9.37. The van der Waals surface area contributed by atoms with Crippen LogP contribution in [0.3, 0.4) is 0 Å². The summed E-state index contributed by atoms with van der Waals surface area (Å²) >= 11 is 0. The smallest absolute Gasteiger partial charge is 0.264 e. The molecule has 0 aliphatic rings. The van der Waals surface area contributed by atoms with Crippen molar-refractivity contribution in [3.8, 4) is 5.75 Å².